The minimum Gasteiger partial charge on any atom is -0.383 e. The number of carbonyl (C=O) groups excluding carboxylic acids is 2. The third kappa shape index (κ3) is 4.16. The first-order valence-electron chi connectivity index (χ1n) is 6.45. The molecule has 8 heteroatoms. The van der Waals surface area contributed by atoms with Gasteiger partial charge in [0.25, 0.3) is 11.6 Å². The number of hydrogen-bond acceptors (Lipinski definition) is 5. The van der Waals surface area contributed by atoms with Crippen molar-refractivity contribution in [2.24, 2.45) is 0 Å². The predicted molar refractivity (Wildman–Crippen MR) is 78.3 cm³/mol. The lowest BCUT2D eigenvalue weighted by Crippen LogP contribution is -2.44. The third-order valence-electron chi connectivity index (χ3n) is 2.82. The van der Waals surface area contributed by atoms with Gasteiger partial charge in [-0.25, -0.2) is 0 Å². The van der Waals surface area contributed by atoms with E-state index in [9.17, 15) is 19.7 Å². The molecule has 0 saturated carbocycles. The van der Waals surface area contributed by atoms with Crippen molar-refractivity contribution in [2.75, 3.05) is 18.9 Å². The topological polar surface area (TPSA) is 113 Å². The van der Waals surface area contributed by atoms with Crippen molar-refractivity contribution in [2.45, 2.75) is 19.9 Å². The minimum absolute atomic E-state index is 0.122. The first-order chi connectivity index (χ1) is 9.90. The van der Waals surface area contributed by atoms with Crippen molar-refractivity contribution < 1.29 is 14.5 Å². The highest BCUT2D eigenvalue weighted by molar-refractivity contribution is 5.98. The monoisotopic (exact) mass is 294 g/mol. The summed E-state index contributed by atoms with van der Waals surface area (Å²) in [6.45, 7) is 3.77. The molecule has 3 N–H and O–H groups in total. The molecule has 0 aliphatic heterocycles. The molecule has 0 spiro atoms. The first-order valence-corrected chi connectivity index (χ1v) is 6.45. The zero-order valence-electron chi connectivity index (χ0n) is 12.1. The van der Waals surface area contributed by atoms with Crippen molar-refractivity contribution in [3.8, 4) is 0 Å². The van der Waals surface area contributed by atoms with E-state index < -0.39 is 16.9 Å². The molecule has 1 aromatic carbocycles. The number of amides is 2. The van der Waals surface area contributed by atoms with Crippen LogP contribution in [0.4, 0.5) is 11.4 Å². The summed E-state index contributed by atoms with van der Waals surface area (Å²) in [5.74, 6) is -0.855. The Balaban J connectivity index is 2.90. The summed E-state index contributed by atoms with van der Waals surface area (Å²) in [6.07, 6.45) is 0. The summed E-state index contributed by atoms with van der Waals surface area (Å²) in [6, 6.07) is 3.36. The fourth-order valence-electron chi connectivity index (χ4n) is 1.71. The SMILES string of the molecule is CCNC(=O)[C@H](C)NC(=O)c1ccc(NC)c([N+](=O)[O-])c1. The number of anilines is 1. The van der Waals surface area contributed by atoms with Gasteiger partial charge in [0.1, 0.15) is 11.7 Å². The molecule has 1 atom stereocenters. The van der Waals surface area contributed by atoms with Crippen molar-refractivity contribution in [3.63, 3.8) is 0 Å². The average Bonchev–Trinajstić information content (AvgIpc) is 2.46. The van der Waals surface area contributed by atoms with Gasteiger partial charge in [-0.1, -0.05) is 0 Å². The van der Waals surface area contributed by atoms with Crippen molar-refractivity contribution >= 4 is 23.2 Å². The largest absolute Gasteiger partial charge is 0.383 e. The molecular weight excluding hydrogens is 276 g/mol. The van der Waals surface area contributed by atoms with E-state index in [1.807, 2.05) is 0 Å². The van der Waals surface area contributed by atoms with Gasteiger partial charge in [0.05, 0.1) is 4.92 Å². The Kier molecular flexibility index (Phi) is 5.65. The molecule has 0 heterocycles. The summed E-state index contributed by atoms with van der Waals surface area (Å²) >= 11 is 0. The smallest absolute Gasteiger partial charge is 0.293 e. The molecule has 0 bridgehead atoms. The van der Waals surface area contributed by atoms with Crippen LogP contribution < -0.4 is 16.0 Å². The van der Waals surface area contributed by atoms with Gasteiger partial charge < -0.3 is 16.0 Å². The molecule has 0 aliphatic rings. The van der Waals surface area contributed by atoms with Gasteiger partial charge in [-0.15, -0.1) is 0 Å². The van der Waals surface area contributed by atoms with Crippen LogP contribution >= 0.6 is 0 Å². The normalized spacial score (nSPS) is 11.4. The Morgan fingerprint density at radius 1 is 1.38 bits per heavy atom. The molecule has 0 fully saturated rings. The van der Waals surface area contributed by atoms with E-state index in [2.05, 4.69) is 16.0 Å². The lowest BCUT2D eigenvalue weighted by Gasteiger charge is -2.13. The molecule has 21 heavy (non-hydrogen) atoms. The summed E-state index contributed by atoms with van der Waals surface area (Å²) in [7, 11) is 1.55. The molecule has 0 saturated heterocycles. The number of rotatable bonds is 6. The molecule has 0 aromatic heterocycles. The Hall–Kier alpha value is -2.64. The van der Waals surface area contributed by atoms with E-state index in [4.69, 9.17) is 0 Å². The Labute approximate surface area is 122 Å². The van der Waals surface area contributed by atoms with Crippen LogP contribution in [0.5, 0.6) is 0 Å². The van der Waals surface area contributed by atoms with Crippen LogP contribution in [0.2, 0.25) is 0 Å². The number of nitrogens with one attached hydrogen (secondary N) is 3. The molecule has 0 radical (unpaired) electrons. The van der Waals surface area contributed by atoms with Gasteiger partial charge in [-0.3, -0.25) is 19.7 Å². The summed E-state index contributed by atoms with van der Waals surface area (Å²) < 4.78 is 0. The maximum absolute atomic E-state index is 12.0. The molecule has 0 aliphatic carbocycles. The molecule has 2 amide bonds. The summed E-state index contributed by atoms with van der Waals surface area (Å²) in [4.78, 5) is 33.9. The standard InChI is InChI=1S/C13H18N4O4/c1-4-15-12(18)8(2)16-13(19)9-5-6-10(14-3)11(7-9)17(20)21/h5-8,14H,4H2,1-3H3,(H,15,18)(H,16,19)/t8-/m0/s1. The quantitative estimate of drug-likeness (QED) is 0.532. The maximum Gasteiger partial charge on any atom is 0.293 e. The number of carbonyl (C=O) groups is 2. The van der Waals surface area contributed by atoms with Gasteiger partial charge in [-0.2, -0.15) is 0 Å². The van der Waals surface area contributed by atoms with E-state index in [0.717, 1.165) is 0 Å². The van der Waals surface area contributed by atoms with Gasteiger partial charge in [0.15, 0.2) is 0 Å². The number of likely N-dealkylation sites (N-methyl/N-ethyl adjacent to an activating group) is 1. The van der Waals surface area contributed by atoms with E-state index in [1.165, 1.54) is 18.2 Å². The van der Waals surface area contributed by atoms with Gasteiger partial charge >= 0.3 is 0 Å². The van der Waals surface area contributed by atoms with Crippen LogP contribution in [0.25, 0.3) is 0 Å². The van der Waals surface area contributed by atoms with E-state index in [-0.39, 0.29) is 17.2 Å². The van der Waals surface area contributed by atoms with Gasteiger partial charge in [-0.05, 0) is 26.0 Å². The zero-order valence-corrected chi connectivity index (χ0v) is 12.1. The molecule has 1 rings (SSSR count). The Morgan fingerprint density at radius 2 is 2.05 bits per heavy atom. The summed E-state index contributed by atoms with van der Waals surface area (Å²) in [5, 5.41) is 18.7. The summed E-state index contributed by atoms with van der Waals surface area (Å²) in [5.41, 5.74) is 0.237. The van der Waals surface area contributed by atoms with Crippen molar-refractivity contribution in [3.05, 3.63) is 33.9 Å². The molecular formula is C13H18N4O4. The number of nitrogens with zero attached hydrogens (tertiary/aromatic N) is 1. The molecule has 1 aromatic rings. The third-order valence-corrected chi connectivity index (χ3v) is 2.82. The maximum atomic E-state index is 12.0. The second kappa shape index (κ2) is 7.22. The number of benzene rings is 1. The Morgan fingerprint density at radius 3 is 2.57 bits per heavy atom. The van der Waals surface area contributed by atoms with Crippen molar-refractivity contribution in [1.29, 1.82) is 0 Å². The van der Waals surface area contributed by atoms with Crippen LogP contribution in [0.3, 0.4) is 0 Å². The second-order valence-corrected chi connectivity index (χ2v) is 4.33. The number of nitro benzene ring substituents is 1. The van der Waals surface area contributed by atoms with Crippen LogP contribution in [0.1, 0.15) is 24.2 Å². The lowest BCUT2D eigenvalue weighted by molar-refractivity contribution is -0.384. The zero-order chi connectivity index (χ0) is 16.0. The fourth-order valence-corrected chi connectivity index (χ4v) is 1.71. The highest BCUT2D eigenvalue weighted by Crippen LogP contribution is 2.24. The van der Waals surface area contributed by atoms with E-state index >= 15 is 0 Å². The van der Waals surface area contributed by atoms with Crippen LogP contribution in [-0.4, -0.2) is 36.4 Å². The molecule has 8 nitrogen and oxygen atoms in total. The van der Waals surface area contributed by atoms with Crippen LogP contribution in [0, 0.1) is 10.1 Å². The van der Waals surface area contributed by atoms with Crippen LogP contribution in [-0.2, 0) is 4.79 Å². The fraction of sp³-hybridized carbons (Fsp3) is 0.385. The number of hydrogen-bond donors (Lipinski definition) is 3. The van der Waals surface area contributed by atoms with Gasteiger partial charge in [0, 0.05) is 25.2 Å². The molecule has 0 unspecified atom stereocenters. The van der Waals surface area contributed by atoms with Crippen molar-refractivity contribution in [1.82, 2.24) is 10.6 Å². The lowest BCUT2D eigenvalue weighted by atomic mass is 10.1. The predicted octanol–water partition coefficient (Wildman–Crippen LogP) is 0.891. The van der Waals surface area contributed by atoms with Crippen LogP contribution in [0.15, 0.2) is 18.2 Å². The number of nitro groups is 1. The van der Waals surface area contributed by atoms with Gasteiger partial charge in [0.2, 0.25) is 5.91 Å². The highest BCUT2D eigenvalue weighted by Gasteiger charge is 2.19. The average molecular weight is 294 g/mol. The van der Waals surface area contributed by atoms with E-state index in [0.29, 0.717) is 12.2 Å². The minimum atomic E-state index is -0.722. The molecule has 114 valence electrons. The second-order valence-electron chi connectivity index (χ2n) is 4.33. The Bertz CT molecular complexity index is 559. The highest BCUT2D eigenvalue weighted by atomic mass is 16.6. The van der Waals surface area contributed by atoms with E-state index in [1.54, 1.807) is 20.9 Å². The first kappa shape index (κ1) is 16.4.